The second kappa shape index (κ2) is 6.49. The van der Waals surface area contributed by atoms with Crippen molar-refractivity contribution in [3.8, 4) is 5.75 Å². The first kappa shape index (κ1) is 14.5. The van der Waals surface area contributed by atoms with E-state index in [1.165, 1.54) is 17.6 Å². The number of thiophene rings is 1. The summed E-state index contributed by atoms with van der Waals surface area (Å²) in [5.74, 6) is 0.285. The number of nitro benzene ring substituents is 1. The summed E-state index contributed by atoms with van der Waals surface area (Å²) in [5.41, 5.74) is 2.13. The van der Waals surface area contributed by atoms with Crippen LogP contribution in [0.5, 0.6) is 5.75 Å². The van der Waals surface area contributed by atoms with Crippen LogP contribution in [0.3, 0.4) is 0 Å². The fourth-order valence-electron chi connectivity index (χ4n) is 1.89. The first-order valence-electron chi connectivity index (χ1n) is 6.17. The van der Waals surface area contributed by atoms with Crippen LogP contribution in [0.2, 0.25) is 0 Å². The number of methoxy groups -OCH3 is 1. The lowest BCUT2D eigenvalue weighted by atomic mass is 10.2. The molecule has 0 atom stereocenters. The van der Waals surface area contributed by atoms with Gasteiger partial charge in [-0.25, -0.2) is 0 Å². The lowest BCUT2D eigenvalue weighted by molar-refractivity contribution is -0.385. The quantitative estimate of drug-likeness (QED) is 0.655. The van der Waals surface area contributed by atoms with Crippen molar-refractivity contribution in [2.75, 3.05) is 7.11 Å². The zero-order valence-corrected chi connectivity index (χ0v) is 12.2. The molecule has 2 aromatic rings. The fourth-order valence-corrected chi connectivity index (χ4v) is 2.77. The van der Waals surface area contributed by atoms with Gasteiger partial charge in [0.05, 0.1) is 12.0 Å². The zero-order valence-electron chi connectivity index (χ0n) is 11.4. The lowest BCUT2D eigenvalue weighted by Gasteiger charge is -2.06. The molecule has 2 rings (SSSR count). The summed E-state index contributed by atoms with van der Waals surface area (Å²) in [4.78, 5) is 11.8. The topological polar surface area (TPSA) is 64.4 Å². The van der Waals surface area contributed by atoms with Crippen molar-refractivity contribution in [2.24, 2.45) is 0 Å². The number of rotatable bonds is 6. The minimum atomic E-state index is -0.425. The lowest BCUT2D eigenvalue weighted by Crippen LogP contribution is -2.12. The van der Waals surface area contributed by atoms with Gasteiger partial charge in [0, 0.05) is 24.0 Å². The molecule has 0 saturated carbocycles. The van der Waals surface area contributed by atoms with Crippen LogP contribution in [0, 0.1) is 17.0 Å². The Hall–Kier alpha value is -1.92. The van der Waals surface area contributed by atoms with Crippen molar-refractivity contribution in [3.63, 3.8) is 0 Å². The van der Waals surface area contributed by atoms with Gasteiger partial charge in [-0.05, 0) is 35.6 Å². The Kier molecular flexibility index (Phi) is 4.70. The molecule has 0 fully saturated rings. The van der Waals surface area contributed by atoms with E-state index in [0.717, 1.165) is 12.1 Å². The Labute approximate surface area is 121 Å². The predicted molar refractivity (Wildman–Crippen MR) is 79.2 cm³/mol. The Morgan fingerprint density at radius 1 is 1.35 bits per heavy atom. The van der Waals surface area contributed by atoms with Gasteiger partial charge < -0.3 is 10.1 Å². The summed E-state index contributed by atoms with van der Waals surface area (Å²) in [7, 11) is 1.43. The molecule has 1 heterocycles. The molecule has 0 radical (unpaired) electrons. The molecule has 1 aromatic carbocycles. The summed E-state index contributed by atoms with van der Waals surface area (Å²) >= 11 is 1.71. The highest BCUT2D eigenvalue weighted by Crippen LogP contribution is 2.27. The molecule has 0 aliphatic heterocycles. The molecular formula is C14H16N2O3S. The van der Waals surface area contributed by atoms with Gasteiger partial charge in [-0.3, -0.25) is 10.1 Å². The van der Waals surface area contributed by atoms with E-state index in [9.17, 15) is 10.1 Å². The van der Waals surface area contributed by atoms with Crippen molar-refractivity contribution < 1.29 is 9.66 Å². The van der Waals surface area contributed by atoms with Gasteiger partial charge in [0.25, 0.3) is 0 Å². The molecule has 1 N–H and O–H groups in total. The SMILES string of the molecule is COc1ccc(CNCc2sccc2C)cc1[N+](=O)[O-]. The van der Waals surface area contributed by atoms with Crippen LogP contribution in [-0.4, -0.2) is 12.0 Å². The summed E-state index contributed by atoms with van der Waals surface area (Å²) in [6.07, 6.45) is 0. The van der Waals surface area contributed by atoms with Crippen molar-refractivity contribution in [1.29, 1.82) is 0 Å². The number of nitrogens with zero attached hydrogens (tertiary/aromatic N) is 1. The molecule has 1 aromatic heterocycles. The third-order valence-electron chi connectivity index (χ3n) is 3.02. The smallest absolute Gasteiger partial charge is 0.311 e. The Bertz CT molecular complexity index is 610. The molecule has 0 amide bonds. The first-order chi connectivity index (χ1) is 9.61. The number of aryl methyl sites for hydroxylation is 1. The number of ether oxygens (including phenoxy) is 1. The van der Waals surface area contributed by atoms with Crippen LogP contribution in [0.15, 0.2) is 29.6 Å². The van der Waals surface area contributed by atoms with E-state index in [0.29, 0.717) is 6.54 Å². The first-order valence-corrected chi connectivity index (χ1v) is 7.04. The van der Waals surface area contributed by atoms with Crippen LogP contribution in [0.1, 0.15) is 16.0 Å². The maximum absolute atomic E-state index is 10.9. The van der Waals surface area contributed by atoms with Crippen molar-refractivity contribution in [3.05, 3.63) is 55.8 Å². The second-order valence-electron chi connectivity index (χ2n) is 4.39. The van der Waals surface area contributed by atoms with Crippen molar-refractivity contribution in [1.82, 2.24) is 5.32 Å². The van der Waals surface area contributed by atoms with Gasteiger partial charge in [0.2, 0.25) is 0 Å². The predicted octanol–water partition coefficient (Wildman–Crippen LogP) is 3.26. The largest absolute Gasteiger partial charge is 0.490 e. The molecule has 0 spiro atoms. The molecule has 106 valence electrons. The average molecular weight is 292 g/mol. The van der Waals surface area contributed by atoms with Crippen LogP contribution in [-0.2, 0) is 13.1 Å². The number of hydrogen-bond acceptors (Lipinski definition) is 5. The molecule has 0 aliphatic rings. The molecular weight excluding hydrogens is 276 g/mol. The van der Waals surface area contributed by atoms with E-state index in [-0.39, 0.29) is 11.4 Å². The maximum Gasteiger partial charge on any atom is 0.311 e. The van der Waals surface area contributed by atoms with E-state index in [4.69, 9.17) is 4.74 Å². The van der Waals surface area contributed by atoms with Gasteiger partial charge in [-0.2, -0.15) is 0 Å². The average Bonchev–Trinajstić information content (AvgIpc) is 2.84. The summed E-state index contributed by atoms with van der Waals surface area (Å²) in [5, 5.41) is 16.3. The molecule has 6 heteroatoms. The Morgan fingerprint density at radius 3 is 2.75 bits per heavy atom. The molecule has 20 heavy (non-hydrogen) atoms. The molecule has 0 aliphatic carbocycles. The standard InChI is InChI=1S/C14H16N2O3S/c1-10-5-6-20-14(10)9-15-8-11-3-4-13(19-2)12(7-11)16(17)18/h3-7,15H,8-9H2,1-2H3. The monoisotopic (exact) mass is 292 g/mol. The number of hydrogen-bond donors (Lipinski definition) is 1. The van der Waals surface area contributed by atoms with Gasteiger partial charge in [-0.15, -0.1) is 11.3 Å². The minimum Gasteiger partial charge on any atom is -0.490 e. The van der Waals surface area contributed by atoms with Gasteiger partial charge in [0.1, 0.15) is 0 Å². The molecule has 0 bridgehead atoms. The second-order valence-corrected chi connectivity index (χ2v) is 5.39. The minimum absolute atomic E-state index is 0.000829. The van der Waals surface area contributed by atoms with Crippen LogP contribution in [0.25, 0.3) is 0 Å². The highest BCUT2D eigenvalue weighted by molar-refractivity contribution is 7.10. The van der Waals surface area contributed by atoms with E-state index in [1.807, 2.05) is 6.07 Å². The fraction of sp³-hybridized carbons (Fsp3) is 0.286. The van der Waals surface area contributed by atoms with Gasteiger partial charge >= 0.3 is 5.69 Å². The molecule has 5 nitrogen and oxygen atoms in total. The highest BCUT2D eigenvalue weighted by atomic mass is 32.1. The number of benzene rings is 1. The van der Waals surface area contributed by atoms with E-state index < -0.39 is 4.92 Å². The highest BCUT2D eigenvalue weighted by Gasteiger charge is 2.14. The zero-order chi connectivity index (χ0) is 14.5. The summed E-state index contributed by atoms with van der Waals surface area (Å²) in [6, 6.07) is 7.10. The van der Waals surface area contributed by atoms with Crippen molar-refractivity contribution in [2.45, 2.75) is 20.0 Å². The molecule has 0 unspecified atom stereocenters. The number of nitro groups is 1. The van der Waals surface area contributed by atoms with Gasteiger partial charge in [-0.1, -0.05) is 6.07 Å². The summed E-state index contributed by atoms with van der Waals surface area (Å²) in [6.45, 7) is 3.43. The third-order valence-corrected chi connectivity index (χ3v) is 4.05. The number of nitrogens with one attached hydrogen (secondary N) is 1. The van der Waals surface area contributed by atoms with Crippen LogP contribution in [0.4, 0.5) is 5.69 Å². The van der Waals surface area contributed by atoms with E-state index in [2.05, 4.69) is 23.7 Å². The van der Waals surface area contributed by atoms with E-state index in [1.54, 1.807) is 23.5 Å². The van der Waals surface area contributed by atoms with Gasteiger partial charge in [0.15, 0.2) is 5.75 Å². The Morgan fingerprint density at radius 2 is 2.15 bits per heavy atom. The third kappa shape index (κ3) is 3.34. The van der Waals surface area contributed by atoms with E-state index >= 15 is 0 Å². The van der Waals surface area contributed by atoms with Crippen molar-refractivity contribution >= 4 is 17.0 Å². The normalized spacial score (nSPS) is 10.5. The van der Waals surface area contributed by atoms with Crippen LogP contribution >= 0.6 is 11.3 Å². The van der Waals surface area contributed by atoms with Crippen LogP contribution < -0.4 is 10.1 Å². The molecule has 0 saturated heterocycles. The Balaban J connectivity index is 2.01. The maximum atomic E-state index is 10.9. The summed E-state index contributed by atoms with van der Waals surface area (Å²) < 4.78 is 4.98.